The third-order valence-electron chi connectivity index (χ3n) is 3.82. The zero-order valence-electron chi connectivity index (χ0n) is 14.7. The molecule has 0 radical (unpaired) electrons. The average molecular weight is 341 g/mol. The number of ether oxygens (including phenoxy) is 1. The number of hydrogen-bond acceptors (Lipinski definition) is 5. The van der Waals surface area contributed by atoms with Crippen LogP contribution in [-0.2, 0) is 16.1 Å². The molecule has 6 nitrogen and oxygen atoms in total. The van der Waals surface area contributed by atoms with Crippen molar-refractivity contribution in [3.05, 3.63) is 59.2 Å². The van der Waals surface area contributed by atoms with Gasteiger partial charge in [-0.05, 0) is 36.2 Å². The van der Waals surface area contributed by atoms with E-state index in [1.54, 1.807) is 25.1 Å². The summed E-state index contributed by atoms with van der Waals surface area (Å²) in [7, 11) is 3.93. The van der Waals surface area contributed by atoms with Crippen LogP contribution in [0.2, 0.25) is 0 Å². The second-order valence-corrected chi connectivity index (χ2v) is 5.95. The molecule has 0 fully saturated rings. The van der Waals surface area contributed by atoms with Gasteiger partial charge >= 0.3 is 5.97 Å². The molecule has 0 atom stereocenters. The van der Waals surface area contributed by atoms with Gasteiger partial charge in [-0.3, -0.25) is 4.79 Å². The van der Waals surface area contributed by atoms with Crippen LogP contribution in [0.25, 0.3) is 0 Å². The SMILES string of the molecule is Cc1cccc(C(=O)OCC(=O)NCc2ccc(N(C)C)cc2)c1N. The molecule has 2 aromatic rings. The first-order valence-electron chi connectivity index (χ1n) is 7.93. The molecule has 0 unspecified atom stereocenters. The smallest absolute Gasteiger partial charge is 0.340 e. The standard InChI is InChI=1S/C19H23N3O3/c1-13-5-4-6-16(18(13)20)19(24)25-12-17(23)21-11-14-7-9-15(10-8-14)22(2)3/h4-10H,11-12,20H2,1-3H3,(H,21,23). The Morgan fingerprint density at radius 3 is 2.44 bits per heavy atom. The topological polar surface area (TPSA) is 84.7 Å². The lowest BCUT2D eigenvalue weighted by atomic mass is 10.1. The van der Waals surface area contributed by atoms with Crippen LogP contribution in [0.5, 0.6) is 0 Å². The number of esters is 1. The number of carbonyl (C=O) groups is 2. The summed E-state index contributed by atoms with van der Waals surface area (Å²) in [5, 5.41) is 2.72. The van der Waals surface area contributed by atoms with Gasteiger partial charge in [0.05, 0.1) is 5.56 Å². The van der Waals surface area contributed by atoms with E-state index in [9.17, 15) is 9.59 Å². The van der Waals surface area contributed by atoms with Crippen LogP contribution < -0.4 is 16.0 Å². The van der Waals surface area contributed by atoms with Crippen LogP contribution in [0.3, 0.4) is 0 Å². The van der Waals surface area contributed by atoms with Gasteiger partial charge in [-0.15, -0.1) is 0 Å². The molecule has 0 saturated carbocycles. The first kappa shape index (κ1) is 18.3. The fourth-order valence-corrected chi connectivity index (χ4v) is 2.23. The highest BCUT2D eigenvalue weighted by molar-refractivity contribution is 5.96. The van der Waals surface area contributed by atoms with Crippen molar-refractivity contribution in [3.8, 4) is 0 Å². The second-order valence-electron chi connectivity index (χ2n) is 5.95. The van der Waals surface area contributed by atoms with Gasteiger partial charge in [0, 0.05) is 32.0 Å². The van der Waals surface area contributed by atoms with E-state index in [0.717, 1.165) is 16.8 Å². The molecule has 0 aliphatic heterocycles. The number of para-hydroxylation sites is 1. The molecular weight excluding hydrogens is 318 g/mol. The van der Waals surface area contributed by atoms with E-state index < -0.39 is 5.97 Å². The number of nitrogens with two attached hydrogens (primary N) is 1. The number of nitrogens with zero attached hydrogens (tertiary/aromatic N) is 1. The summed E-state index contributed by atoms with van der Waals surface area (Å²) in [6.45, 7) is 1.83. The number of rotatable bonds is 6. The van der Waals surface area contributed by atoms with E-state index >= 15 is 0 Å². The predicted molar refractivity (Wildman–Crippen MR) is 98.5 cm³/mol. The van der Waals surface area contributed by atoms with Crippen LogP contribution >= 0.6 is 0 Å². The first-order chi connectivity index (χ1) is 11.9. The van der Waals surface area contributed by atoms with Crippen LogP contribution in [0.1, 0.15) is 21.5 Å². The van der Waals surface area contributed by atoms with E-state index in [1.165, 1.54) is 0 Å². The van der Waals surface area contributed by atoms with Gasteiger partial charge in [0.1, 0.15) is 0 Å². The molecule has 1 amide bonds. The lowest BCUT2D eigenvalue weighted by Crippen LogP contribution is -2.28. The first-order valence-corrected chi connectivity index (χ1v) is 7.93. The summed E-state index contributed by atoms with van der Waals surface area (Å²) in [5.74, 6) is -0.969. The molecule has 0 saturated heterocycles. The third kappa shape index (κ3) is 4.97. The third-order valence-corrected chi connectivity index (χ3v) is 3.82. The number of aryl methyl sites for hydroxylation is 1. The summed E-state index contributed by atoms with van der Waals surface area (Å²) in [6, 6.07) is 12.9. The minimum atomic E-state index is -0.605. The lowest BCUT2D eigenvalue weighted by molar-refractivity contribution is -0.124. The Labute approximate surface area is 147 Å². The quantitative estimate of drug-likeness (QED) is 0.621. The highest BCUT2D eigenvalue weighted by Crippen LogP contribution is 2.17. The van der Waals surface area contributed by atoms with E-state index in [4.69, 9.17) is 10.5 Å². The maximum atomic E-state index is 12.0. The van der Waals surface area contributed by atoms with Gasteiger partial charge in [-0.25, -0.2) is 4.79 Å². The van der Waals surface area contributed by atoms with Gasteiger partial charge < -0.3 is 20.7 Å². The molecule has 132 valence electrons. The highest BCUT2D eigenvalue weighted by Gasteiger charge is 2.14. The second kappa shape index (κ2) is 8.19. The van der Waals surface area contributed by atoms with E-state index in [1.807, 2.05) is 43.3 Å². The summed E-state index contributed by atoms with van der Waals surface area (Å²) in [5.41, 5.74) is 9.33. The Bertz CT molecular complexity index is 755. The average Bonchev–Trinajstić information content (AvgIpc) is 2.60. The number of benzene rings is 2. The fourth-order valence-electron chi connectivity index (χ4n) is 2.23. The van der Waals surface area contributed by atoms with E-state index in [0.29, 0.717) is 12.2 Å². The van der Waals surface area contributed by atoms with Crippen LogP contribution in [0.4, 0.5) is 11.4 Å². The van der Waals surface area contributed by atoms with Gasteiger partial charge in [0.25, 0.3) is 5.91 Å². The summed E-state index contributed by atoms with van der Waals surface area (Å²) < 4.78 is 5.03. The molecule has 0 aliphatic rings. The molecule has 0 aliphatic carbocycles. The summed E-state index contributed by atoms with van der Waals surface area (Å²) in [6.07, 6.45) is 0. The van der Waals surface area contributed by atoms with E-state index in [-0.39, 0.29) is 18.1 Å². The number of carbonyl (C=O) groups excluding carboxylic acids is 2. The number of anilines is 2. The molecular formula is C19H23N3O3. The Morgan fingerprint density at radius 1 is 1.12 bits per heavy atom. The van der Waals surface area contributed by atoms with Crippen LogP contribution in [0.15, 0.2) is 42.5 Å². The normalized spacial score (nSPS) is 10.2. The van der Waals surface area contributed by atoms with E-state index in [2.05, 4.69) is 5.32 Å². The number of nitrogens with one attached hydrogen (secondary N) is 1. The maximum Gasteiger partial charge on any atom is 0.340 e. The Balaban J connectivity index is 1.82. The molecule has 0 spiro atoms. The zero-order valence-corrected chi connectivity index (χ0v) is 14.7. The maximum absolute atomic E-state index is 12.0. The van der Waals surface area contributed by atoms with Crippen molar-refractivity contribution in [2.45, 2.75) is 13.5 Å². The molecule has 2 aromatic carbocycles. The minimum Gasteiger partial charge on any atom is -0.452 e. The zero-order chi connectivity index (χ0) is 18.4. The summed E-state index contributed by atoms with van der Waals surface area (Å²) >= 11 is 0. The van der Waals surface area contributed by atoms with Gasteiger partial charge in [0.15, 0.2) is 6.61 Å². The van der Waals surface area contributed by atoms with Gasteiger partial charge in [-0.1, -0.05) is 24.3 Å². The highest BCUT2D eigenvalue weighted by atomic mass is 16.5. The Kier molecular flexibility index (Phi) is 6.00. The van der Waals surface area contributed by atoms with Crippen molar-refractivity contribution in [3.63, 3.8) is 0 Å². The monoisotopic (exact) mass is 341 g/mol. The molecule has 2 rings (SSSR count). The molecule has 0 heterocycles. The predicted octanol–water partition coefficient (Wildman–Crippen LogP) is 2.12. The molecule has 0 aromatic heterocycles. The van der Waals surface area contributed by atoms with Crippen molar-refractivity contribution in [2.75, 3.05) is 31.3 Å². The number of nitrogen functional groups attached to an aromatic ring is 1. The molecule has 3 N–H and O–H groups in total. The van der Waals surface area contributed by atoms with Crippen molar-refractivity contribution < 1.29 is 14.3 Å². The van der Waals surface area contributed by atoms with Gasteiger partial charge in [0.2, 0.25) is 0 Å². The van der Waals surface area contributed by atoms with Crippen molar-refractivity contribution in [1.82, 2.24) is 5.32 Å². The molecule has 6 heteroatoms. The number of hydrogen-bond donors (Lipinski definition) is 2. The molecule has 25 heavy (non-hydrogen) atoms. The Hall–Kier alpha value is -3.02. The van der Waals surface area contributed by atoms with Crippen LogP contribution in [-0.4, -0.2) is 32.6 Å². The minimum absolute atomic E-state index is 0.270. The summed E-state index contributed by atoms with van der Waals surface area (Å²) in [4.78, 5) is 25.9. The molecule has 0 bridgehead atoms. The van der Waals surface area contributed by atoms with Crippen molar-refractivity contribution in [2.24, 2.45) is 0 Å². The largest absolute Gasteiger partial charge is 0.452 e. The van der Waals surface area contributed by atoms with Crippen LogP contribution in [0, 0.1) is 6.92 Å². The lowest BCUT2D eigenvalue weighted by Gasteiger charge is -2.13. The van der Waals surface area contributed by atoms with Gasteiger partial charge in [-0.2, -0.15) is 0 Å². The fraction of sp³-hybridized carbons (Fsp3) is 0.263. The number of amides is 1. The van der Waals surface area contributed by atoms with Crippen molar-refractivity contribution in [1.29, 1.82) is 0 Å². The Morgan fingerprint density at radius 2 is 1.80 bits per heavy atom. The van der Waals surface area contributed by atoms with Crippen molar-refractivity contribution >= 4 is 23.3 Å².